The van der Waals surface area contributed by atoms with Gasteiger partial charge in [0.05, 0.1) is 12.6 Å². The molecule has 0 amide bonds. The van der Waals surface area contributed by atoms with Gasteiger partial charge in [-0.2, -0.15) is 0 Å². The van der Waals surface area contributed by atoms with E-state index in [4.69, 9.17) is 0 Å². The van der Waals surface area contributed by atoms with E-state index in [0.717, 1.165) is 11.1 Å². The SMILES string of the molecule is O=C1CN(C(c2ccccc2)c2ccccc2)C1C(F)F. The lowest BCUT2D eigenvalue weighted by molar-refractivity contribution is -0.148. The van der Waals surface area contributed by atoms with Crippen molar-refractivity contribution in [2.24, 2.45) is 0 Å². The Morgan fingerprint density at radius 1 is 0.905 bits per heavy atom. The van der Waals surface area contributed by atoms with Crippen LogP contribution in [-0.4, -0.2) is 29.7 Å². The number of ketones is 1. The van der Waals surface area contributed by atoms with Crippen molar-refractivity contribution in [3.63, 3.8) is 0 Å². The Labute approximate surface area is 122 Å². The zero-order chi connectivity index (χ0) is 14.8. The molecule has 1 unspecified atom stereocenters. The van der Waals surface area contributed by atoms with Crippen molar-refractivity contribution in [2.75, 3.05) is 6.54 Å². The second-order valence-electron chi connectivity index (χ2n) is 5.14. The van der Waals surface area contributed by atoms with Crippen molar-refractivity contribution >= 4 is 5.78 Å². The lowest BCUT2D eigenvalue weighted by atomic mass is 9.90. The summed E-state index contributed by atoms with van der Waals surface area (Å²) in [6.45, 7) is 0.0729. The van der Waals surface area contributed by atoms with Crippen molar-refractivity contribution in [1.82, 2.24) is 4.90 Å². The monoisotopic (exact) mass is 287 g/mol. The third kappa shape index (κ3) is 2.59. The van der Waals surface area contributed by atoms with Gasteiger partial charge in [-0.05, 0) is 11.1 Å². The largest absolute Gasteiger partial charge is 0.296 e. The van der Waals surface area contributed by atoms with Gasteiger partial charge in [0.1, 0.15) is 6.04 Å². The van der Waals surface area contributed by atoms with Gasteiger partial charge in [0.2, 0.25) is 0 Å². The van der Waals surface area contributed by atoms with Crippen LogP contribution >= 0.6 is 0 Å². The molecule has 108 valence electrons. The number of Topliss-reactive ketones (excluding diaryl/α,β-unsaturated/α-hetero) is 1. The molecule has 2 aromatic rings. The summed E-state index contributed by atoms with van der Waals surface area (Å²) < 4.78 is 26.2. The molecule has 0 spiro atoms. The van der Waals surface area contributed by atoms with Gasteiger partial charge in [0, 0.05) is 0 Å². The predicted octanol–water partition coefficient (Wildman–Crippen LogP) is 3.29. The van der Waals surface area contributed by atoms with Crippen LogP contribution in [0.3, 0.4) is 0 Å². The first kappa shape index (κ1) is 13.9. The van der Waals surface area contributed by atoms with Crippen LogP contribution in [0, 0.1) is 0 Å². The van der Waals surface area contributed by atoms with Crippen molar-refractivity contribution in [2.45, 2.75) is 18.5 Å². The average Bonchev–Trinajstić information content (AvgIpc) is 2.48. The molecule has 0 saturated carbocycles. The predicted molar refractivity (Wildman–Crippen MR) is 76.2 cm³/mol. The zero-order valence-corrected chi connectivity index (χ0v) is 11.3. The van der Waals surface area contributed by atoms with Crippen molar-refractivity contribution < 1.29 is 13.6 Å². The highest BCUT2D eigenvalue weighted by Crippen LogP contribution is 2.36. The van der Waals surface area contributed by atoms with Crippen LogP contribution in [0.5, 0.6) is 0 Å². The van der Waals surface area contributed by atoms with Gasteiger partial charge in [-0.3, -0.25) is 9.69 Å². The van der Waals surface area contributed by atoms with Gasteiger partial charge in [0.15, 0.2) is 5.78 Å². The topological polar surface area (TPSA) is 20.3 Å². The van der Waals surface area contributed by atoms with Crippen LogP contribution in [0.25, 0.3) is 0 Å². The molecular formula is C17H15F2NO. The maximum absolute atomic E-state index is 13.1. The first-order valence-electron chi connectivity index (χ1n) is 6.85. The van der Waals surface area contributed by atoms with Crippen LogP contribution in [0.4, 0.5) is 8.78 Å². The van der Waals surface area contributed by atoms with E-state index >= 15 is 0 Å². The number of halogens is 2. The van der Waals surface area contributed by atoms with Crippen molar-refractivity contribution in [3.05, 3.63) is 71.8 Å². The fraction of sp³-hybridized carbons (Fsp3) is 0.235. The van der Waals surface area contributed by atoms with Gasteiger partial charge in [-0.15, -0.1) is 0 Å². The average molecular weight is 287 g/mol. The van der Waals surface area contributed by atoms with Crippen molar-refractivity contribution in [1.29, 1.82) is 0 Å². The molecule has 2 aromatic carbocycles. The minimum Gasteiger partial charge on any atom is -0.296 e. The molecule has 1 fully saturated rings. The van der Waals surface area contributed by atoms with Gasteiger partial charge in [-0.1, -0.05) is 60.7 Å². The Morgan fingerprint density at radius 3 is 1.76 bits per heavy atom. The molecule has 1 aliphatic rings. The maximum atomic E-state index is 13.1. The lowest BCUT2D eigenvalue weighted by Gasteiger charge is -2.44. The number of likely N-dealkylation sites (tertiary alicyclic amines) is 1. The molecule has 1 heterocycles. The van der Waals surface area contributed by atoms with E-state index in [1.54, 1.807) is 4.90 Å². The first-order chi connectivity index (χ1) is 10.2. The van der Waals surface area contributed by atoms with Crippen LogP contribution in [0.1, 0.15) is 17.2 Å². The summed E-state index contributed by atoms with van der Waals surface area (Å²) in [6, 6.07) is 17.3. The van der Waals surface area contributed by atoms with Gasteiger partial charge in [-0.25, -0.2) is 8.78 Å². The zero-order valence-electron chi connectivity index (χ0n) is 11.3. The van der Waals surface area contributed by atoms with Gasteiger partial charge in [0.25, 0.3) is 6.43 Å². The van der Waals surface area contributed by atoms with E-state index in [1.165, 1.54) is 0 Å². The van der Waals surface area contributed by atoms with Crippen LogP contribution in [0.2, 0.25) is 0 Å². The molecule has 0 bridgehead atoms. The summed E-state index contributed by atoms with van der Waals surface area (Å²) in [4.78, 5) is 13.1. The van der Waals surface area contributed by atoms with Crippen LogP contribution < -0.4 is 0 Å². The molecule has 0 radical (unpaired) electrons. The van der Waals surface area contributed by atoms with E-state index < -0.39 is 12.5 Å². The highest BCUT2D eigenvalue weighted by atomic mass is 19.3. The van der Waals surface area contributed by atoms with E-state index in [1.807, 2.05) is 60.7 Å². The maximum Gasteiger partial charge on any atom is 0.261 e. The number of carbonyl (C=O) groups excluding carboxylic acids is 1. The second kappa shape index (κ2) is 5.74. The number of hydrogen-bond donors (Lipinski definition) is 0. The molecule has 0 aromatic heterocycles. The van der Waals surface area contributed by atoms with Crippen molar-refractivity contribution in [3.8, 4) is 0 Å². The lowest BCUT2D eigenvalue weighted by Crippen LogP contribution is -2.61. The Bertz CT molecular complexity index is 576. The Balaban J connectivity index is 2.00. The number of carbonyl (C=O) groups is 1. The summed E-state index contributed by atoms with van der Waals surface area (Å²) in [5.74, 6) is -0.387. The molecule has 1 saturated heterocycles. The van der Waals surface area contributed by atoms with Gasteiger partial charge >= 0.3 is 0 Å². The summed E-state index contributed by atoms with van der Waals surface area (Å²) in [6.07, 6.45) is -2.65. The third-order valence-corrected chi connectivity index (χ3v) is 3.83. The molecule has 3 rings (SSSR count). The Hall–Kier alpha value is -2.07. The van der Waals surface area contributed by atoms with E-state index in [-0.39, 0.29) is 18.4 Å². The molecule has 0 aliphatic carbocycles. The fourth-order valence-corrected chi connectivity index (χ4v) is 2.83. The minimum absolute atomic E-state index is 0.0729. The number of benzene rings is 2. The number of rotatable bonds is 4. The molecule has 0 N–H and O–H groups in total. The molecule has 21 heavy (non-hydrogen) atoms. The molecule has 4 heteroatoms. The smallest absolute Gasteiger partial charge is 0.261 e. The summed E-state index contributed by atoms with van der Waals surface area (Å²) >= 11 is 0. The Morgan fingerprint density at radius 2 is 1.38 bits per heavy atom. The number of alkyl halides is 2. The third-order valence-electron chi connectivity index (χ3n) is 3.83. The summed E-state index contributed by atoms with van der Waals surface area (Å²) in [7, 11) is 0. The minimum atomic E-state index is -2.65. The van der Waals surface area contributed by atoms with E-state index in [2.05, 4.69) is 0 Å². The standard InChI is InChI=1S/C17H15F2NO/c18-17(19)16-14(21)11-20(16)15(12-7-3-1-4-8-12)13-9-5-2-6-10-13/h1-10,15-17H,11H2. The summed E-state index contributed by atoms with van der Waals surface area (Å²) in [5.41, 5.74) is 1.84. The quantitative estimate of drug-likeness (QED) is 0.860. The number of nitrogens with zero attached hydrogens (tertiary/aromatic N) is 1. The molecular weight excluding hydrogens is 272 g/mol. The van der Waals surface area contributed by atoms with E-state index in [0.29, 0.717) is 0 Å². The number of hydrogen-bond acceptors (Lipinski definition) is 2. The highest BCUT2D eigenvalue weighted by molar-refractivity contribution is 5.92. The second-order valence-corrected chi connectivity index (χ2v) is 5.14. The van der Waals surface area contributed by atoms with Crippen LogP contribution in [-0.2, 0) is 4.79 Å². The summed E-state index contributed by atoms with van der Waals surface area (Å²) in [5, 5.41) is 0. The fourth-order valence-electron chi connectivity index (χ4n) is 2.83. The van der Waals surface area contributed by atoms with Crippen LogP contribution in [0.15, 0.2) is 60.7 Å². The van der Waals surface area contributed by atoms with E-state index in [9.17, 15) is 13.6 Å². The molecule has 1 aliphatic heterocycles. The molecule has 2 nitrogen and oxygen atoms in total. The highest BCUT2D eigenvalue weighted by Gasteiger charge is 2.47. The van der Waals surface area contributed by atoms with Gasteiger partial charge < -0.3 is 0 Å². The molecule has 1 atom stereocenters. The normalized spacial score (nSPS) is 19.0. The first-order valence-corrected chi connectivity index (χ1v) is 6.85. The Kier molecular flexibility index (Phi) is 3.80.